The number of ether oxygens (including phenoxy) is 2. The number of benzene rings is 1. The number of aliphatic hydroxyl groups is 1. The highest BCUT2D eigenvalue weighted by atomic mass is 31.2. The molecule has 1 aromatic carbocycles. The summed E-state index contributed by atoms with van der Waals surface area (Å²) in [5.41, 5.74) is 5.97. The van der Waals surface area contributed by atoms with E-state index in [1.54, 1.807) is 24.3 Å². The third-order valence-electron chi connectivity index (χ3n) is 5.02. The average Bonchev–Trinajstić information content (AvgIpc) is 3.28. The molecule has 3 rings (SSSR count). The highest BCUT2D eigenvalue weighted by Gasteiger charge is 2.38. The van der Waals surface area contributed by atoms with Crippen LogP contribution in [-0.2, 0) is 9.26 Å². The van der Waals surface area contributed by atoms with E-state index in [9.17, 15) is 18.0 Å². The maximum atomic E-state index is 12.3. The molecule has 1 aliphatic rings. The lowest BCUT2D eigenvalue weighted by atomic mass is 10.2. The number of nitrogens with two attached hydrogens (primary N) is 1. The minimum atomic E-state index is -4.76. The van der Waals surface area contributed by atoms with Crippen LogP contribution in [-0.4, -0.2) is 67.6 Å². The molecule has 2 heterocycles. The fourth-order valence-corrected chi connectivity index (χ4v) is 3.60. The Morgan fingerprint density at radius 2 is 1.95 bits per heavy atom. The van der Waals surface area contributed by atoms with Crippen LogP contribution >= 0.6 is 8.17 Å². The number of rotatable bonds is 9. The van der Waals surface area contributed by atoms with Gasteiger partial charge in [-0.05, 0) is 37.1 Å². The van der Waals surface area contributed by atoms with Crippen molar-refractivity contribution in [3.05, 3.63) is 52.1 Å². The molecule has 1 aliphatic heterocycles. The van der Waals surface area contributed by atoms with Crippen LogP contribution in [0.5, 0.6) is 5.75 Å². The SMILES string of the molecule is Nc1nc(=O)n(C2CCC(CO[P+](O)(O)O)O2)cc1C#Cc1ccc(OCCNC(O)C(F)(F)F)cc1. The Balaban J connectivity index is 1.59. The first-order valence-electron chi connectivity index (χ1n) is 10.8. The summed E-state index contributed by atoms with van der Waals surface area (Å²) in [7, 11) is -4.39. The molecule has 1 aromatic heterocycles. The largest absolute Gasteiger partial charge is 0.567 e. The molecule has 12 nitrogen and oxygen atoms in total. The number of alkyl halides is 3. The first kappa shape index (κ1) is 28.8. The molecule has 37 heavy (non-hydrogen) atoms. The van der Waals surface area contributed by atoms with Crippen molar-refractivity contribution in [3.63, 3.8) is 0 Å². The summed E-state index contributed by atoms with van der Waals surface area (Å²) in [6, 6.07) is 6.33. The molecular formula is C21H25F3N4O8P+. The smallest absolute Gasteiger partial charge is 0.492 e. The molecule has 1 fully saturated rings. The van der Waals surface area contributed by atoms with Crippen LogP contribution in [0, 0.1) is 11.8 Å². The van der Waals surface area contributed by atoms with Crippen molar-refractivity contribution in [2.75, 3.05) is 25.5 Å². The maximum Gasteiger partial charge on any atom is 0.567 e. The van der Waals surface area contributed by atoms with Crippen molar-refractivity contribution in [1.29, 1.82) is 0 Å². The standard InChI is InChI=1S/C21H24F3N4O8P/c22-21(23,24)19(29)26-9-10-34-15-5-2-13(3-6-15)1-4-14-11-28(20(30)27-18(14)25)17-8-7-16(36-17)12-35-37(31,32)33/h2-3,5-6,11,16-17,19,26,29,31-33H,7-10,12H2,(H-,25,27,30)/p+1. The van der Waals surface area contributed by atoms with Gasteiger partial charge in [-0.3, -0.25) is 9.88 Å². The Morgan fingerprint density at radius 1 is 1.24 bits per heavy atom. The van der Waals surface area contributed by atoms with E-state index in [-0.39, 0.29) is 31.1 Å². The van der Waals surface area contributed by atoms with Crippen LogP contribution in [0.4, 0.5) is 19.0 Å². The van der Waals surface area contributed by atoms with Gasteiger partial charge in [0, 0.05) is 18.3 Å². The average molecular weight is 549 g/mol. The highest BCUT2D eigenvalue weighted by Crippen LogP contribution is 2.46. The topological polar surface area (TPSA) is 182 Å². The van der Waals surface area contributed by atoms with Crippen molar-refractivity contribution in [2.45, 2.75) is 37.6 Å². The lowest BCUT2D eigenvalue weighted by Gasteiger charge is -2.16. The first-order valence-corrected chi connectivity index (χ1v) is 12.4. The van der Waals surface area contributed by atoms with Crippen LogP contribution < -0.4 is 21.5 Å². The van der Waals surface area contributed by atoms with Crippen molar-refractivity contribution in [1.82, 2.24) is 14.9 Å². The summed E-state index contributed by atoms with van der Waals surface area (Å²) >= 11 is 0. The quantitative estimate of drug-likeness (QED) is 0.110. The van der Waals surface area contributed by atoms with Gasteiger partial charge in [0.1, 0.15) is 31.0 Å². The van der Waals surface area contributed by atoms with E-state index >= 15 is 0 Å². The molecule has 0 radical (unpaired) electrons. The molecule has 0 amide bonds. The summed E-state index contributed by atoms with van der Waals surface area (Å²) in [4.78, 5) is 42.9. The van der Waals surface area contributed by atoms with Crippen LogP contribution in [0.25, 0.3) is 0 Å². The van der Waals surface area contributed by atoms with Crippen LogP contribution in [0.1, 0.15) is 30.2 Å². The van der Waals surface area contributed by atoms with E-state index in [0.717, 1.165) is 0 Å². The zero-order chi connectivity index (χ0) is 27.2. The molecule has 0 aliphatic carbocycles. The van der Waals surface area contributed by atoms with Gasteiger partial charge in [-0.2, -0.15) is 37.4 Å². The van der Waals surface area contributed by atoms with E-state index in [2.05, 4.69) is 21.3 Å². The maximum absolute atomic E-state index is 12.3. The van der Waals surface area contributed by atoms with E-state index in [1.807, 2.05) is 5.32 Å². The summed E-state index contributed by atoms with van der Waals surface area (Å²) in [5, 5.41) is 10.8. The second kappa shape index (κ2) is 12.2. The fraction of sp³-hybridized carbons (Fsp3) is 0.429. The third kappa shape index (κ3) is 8.92. The minimum Gasteiger partial charge on any atom is -0.492 e. The number of hydrogen-bond donors (Lipinski definition) is 6. The minimum absolute atomic E-state index is 0.0875. The molecule has 0 spiro atoms. The van der Waals surface area contributed by atoms with Crippen molar-refractivity contribution >= 4 is 14.0 Å². The Hall–Kier alpha value is -2.80. The number of halogens is 3. The lowest BCUT2D eigenvalue weighted by Crippen LogP contribution is -2.43. The third-order valence-corrected chi connectivity index (χ3v) is 5.52. The van der Waals surface area contributed by atoms with Gasteiger partial charge in [0.05, 0.1) is 11.7 Å². The molecule has 0 saturated carbocycles. The van der Waals surface area contributed by atoms with Crippen LogP contribution in [0.2, 0.25) is 0 Å². The zero-order valence-corrected chi connectivity index (χ0v) is 20.0. The predicted molar refractivity (Wildman–Crippen MR) is 124 cm³/mol. The molecule has 202 valence electrons. The highest BCUT2D eigenvalue weighted by molar-refractivity contribution is 7.53. The molecule has 1 saturated heterocycles. The van der Waals surface area contributed by atoms with Crippen molar-refractivity contribution in [2.24, 2.45) is 0 Å². The van der Waals surface area contributed by atoms with Gasteiger partial charge in [0.25, 0.3) is 0 Å². The Bertz CT molecular complexity index is 1180. The summed E-state index contributed by atoms with van der Waals surface area (Å²) < 4.78 is 53.5. The fourth-order valence-electron chi connectivity index (χ4n) is 3.24. The van der Waals surface area contributed by atoms with Crippen molar-refractivity contribution in [3.8, 4) is 17.6 Å². The first-order chi connectivity index (χ1) is 17.3. The van der Waals surface area contributed by atoms with Gasteiger partial charge in [0.15, 0.2) is 0 Å². The normalized spacial score (nSPS) is 18.8. The zero-order valence-electron chi connectivity index (χ0n) is 19.1. The summed E-state index contributed by atoms with van der Waals surface area (Å²) in [6.45, 7) is -0.612. The Morgan fingerprint density at radius 3 is 2.59 bits per heavy atom. The van der Waals surface area contributed by atoms with Gasteiger partial charge in [-0.15, -0.1) is 0 Å². The molecule has 3 unspecified atom stereocenters. The van der Waals surface area contributed by atoms with Crippen molar-refractivity contribution < 1.29 is 47.0 Å². The number of anilines is 1. The van der Waals surface area contributed by atoms with Crippen LogP contribution in [0.15, 0.2) is 35.3 Å². The van der Waals surface area contributed by atoms with Crippen LogP contribution in [0.3, 0.4) is 0 Å². The number of nitrogens with one attached hydrogen (secondary N) is 1. The molecule has 16 heteroatoms. The van der Waals surface area contributed by atoms with Gasteiger partial charge in [0.2, 0.25) is 6.23 Å². The van der Waals surface area contributed by atoms with E-state index in [4.69, 9.17) is 35.0 Å². The second-order valence-electron chi connectivity index (χ2n) is 7.85. The van der Waals surface area contributed by atoms with E-state index < -0.39 is 38.6 Å². The Kier molecular flexibility index (Phi) is 9.46. The Labute approximate surface area is 209 Å². The summed E-state index contributed by atoms with van der Waals surface area (Å²) in [5.74, 6) is 5.97. The molecule has 2 aromatic rings. The van der Waals surface area contributed by atoms with Gasteiger partial charge in [-0.25, -0.2) is 4.79 Å². The number of aliphatic hydroxyl groups excluding tert-OH is 1. The monoisotopic (exact) mass is 549 g/mol. The number of nitrogen functional groups attached to an aromatic ring is 1. The second-order valence-corrected chi connectivity index (χ2v) is 9.13. The molecular weight excluding hydrogens is 524 g/mol. The van der Waals surface area contributed by atoms with E-state index in [1.165, 1.54) is 10.8 Å². The number of hydrogen-bond acceptors (Lipinski definition) is 11. The molecule has 0 bridgehead atoms. The lowest BCUT2D eigenvalue weighted by molar-refractivity contribution is -0.213. The summed E-state index contributed by atoms with van der Waals surface area (Å²) in [6.07, 6.45) is -6.47. The van der Waals surface area contributed by atoms with Gasteiger partial charge < -0.3 is 20.3 Å². The van der Waals surface area contributed by atoms with E-state index in [0.29, 0.717) is 24.2 Å². The molecule has 3 atom stereocenters. The number of aromatic nitrogens is 2. The number of nitrogens with zero attached hydrogens (tertiary/aromatic N) is 2. The predicted octanol–water partition coefficient (Wildman–Crippen LogP) is 0.423. The van der Waals surface area contributed by atoms with Gasteiger partial charge in [-0.1, -0.05) is 11.8 Å². The molecule has 7 N–H and O–H groups in total. The van der Waals surface area contributed by atoms with Gasteiger partial charge >= 0.3 is 20.0 Å².